The monoisotopic (exact) mass is 220 g/mol. The molecule has 0 spiro atoms. The number of hydrogen-bond acceptors (Lipinski definition) is 3. The maximum atomic E-state index is 5.60. The molecule has 0 radical (unpaired) electrons. The molecule has 1 aromatic heterocycles. The number of pyridine rings is 1. The summed E-state index contributed by atoms with van der Waals surface area (Å²) in [7, 11) is 0. The topological polar surface area (TPSA) is 34.2 Å². The number of anilines is 1. The summed E-state index contributed by atoms with van der Waals surface area (Å²) in [6.07, 6.45) is 7.96. The Morgan fingerprint density at radius 1 is 1.50 bits per heavy atom. The van der Waals surface area contributed by atoms with E-state index in [0.29, 0.717) is 0 Å². The first-order valence-electron chi connectivity index (χ1n) is 5.81. The number of nitrogens with one attached hydrogen (secondary N) is 1. The molecular formula is C13H20N2O. The third-order valence-corrected chi connectivity index (χ3v) is 2.07. The van der Waals surface area contributed by atoms with Gasteiger partial charge in [0.25, 0.3) is 0 Å². The lowest BCUT2D eigenvalue weighted by Crippen LogP contribution is -2.05. The smallest absolute Gasteiger partial charge is 0.168 e. The van der Waals surface area contributed by atoms with Crippen LogP contribution in [0.2, 0.25) is 0 Å². The maximum Gasteiger partial charge on any atom is 0.168 e. The van der Waals surface area contributed by atoms with Gasteiger partial charge in [-0.2, -0.15) is 0 Å². The fourth-order valence-electron chi connectivity index (χ4n) is 1.29. The maximum absolute atomic E-state index is 5.60. The summed E-state index contributed by atoms with van der Waals surface area (Å²) in [6, 6.07) is 3.84. The van der Waals surface area contributed by atoms with E-state index in [1.54, 1.807) is 6.20 Å². The van der Waals surface area contributed by atoms with Crippen molar-refractivity contribution in [3.63, 3.8) is 0 Å². The molecule has 0 bridgehead atoms. The zero-order chi connectivity index (χ0) is 11.6. The summed E-state index contributed by atoms with van der Waals surface area (Å²) in [5, 5.41) is 3.27. The molecule has 0 amide bonds. The second-order valence-corrected chi connectivity index (χ2v) is 3.48. The standard InChI is InChI=1S/C13H20N2O/c1-3-5-6-9-14-13-12(16-11-4-2)8-7-10-15-13/h3,5,7-8,10H,4,6,9,11H2,1-2H3,(H,14,15)/b5-3+. The highest BCUT2D eigenvalue weighted by Gasteiger charge is 2.02. The van der Waals surface area contributed by atoms with E-state index in [0.717, 1.165) is 37.6 Å². The van der Waals surface area contributed by atoms with Gasteiger partial charge in [0.2, 0.25) is 0 Å². The lowest BCUT2D eigenvalue weighted by Gasteiger charge is -2.10. The van der Waals surface area contributed by atoms with Crippen LogP contribution < -0.4 is 10.1 Å². The van der Waals surface area contributed by atoms with E-state index in [1.807, 2.05) is 19.1 Å². The lowest BCUT2D eigenvalue weighted by atomic mass is 10.3. The van der Waals surface area contributed by atoms with E-state index in [-0.39, 0.29) is 0 Å². The molecule has 0 saturated carbocycles. The van der Waals surface area contributed by atoms with Gasteiger partial charge in [0.05, 0.1) is 6.61 Å². The van der Waals surface area contributed by atoms with Gasteiger partial charge < -0.3 is 10.1 Å². The largest absolute Gasteiger partial charge is 0.490 e. The van der Waals surface area contributed by atoms with Crippen molar-refractivity contribution >= 4 is 5.82 Å². The van der Waals surface area contributed by atoms with E-state index in [1.165, 1.54) is 0 Å². The van der Waals surface area contributed by atoms with Crippen LogP contribution in [0.4, 0.5) is 5.82 Å². The molecule has 0 atom stereocenters. The number of ether oxygens (including phenoxy) is 1. The van der Waals surface area contributed by atoms with Gasteiger partial charge in [0.15, 0.2) is 11.6 Å². The molecule has 1 aromatic rings. The zero-order valence-corrected chi connectivity index (χ0v) is 10.1. The van der Waals surface area contributed by atoms with Crippen LogP contribution >= 0.6 is 0 Å². The fourth-order valence-corrected chi connectivity index (χ4v) is 1.29. The molecule has 0 aromatic carbocycles. The minimum absolute atomic E-state index is 0.731. The quantitative estimate of drug-likeness (QED) is 0.565. The van der Waals surface area contributed by atoms with Gasteiger partial charge in [-0.3, -0.25) is 0 Å². The Morgan fingerprint density at radius 2 is 2.38 bits per heavy atom. The Labute approximate surface area is 97.5 Å². The second-order valence-electron chi connectivity index (χ2n) is 3.48. The third kappa shape index (κ3) is 4.34. The van der Waals surface area contributed by atoms with Crippen molar-refractivity contribution < 1.29 is 4.74 Å². The van der Waals surface area contributed by atoms with E-state index in [2.05, 4.69) is 29.4 Å². The van der Waals surface area contributed by atoms with Crippen LogP contribution in [0.25, 0.3) is 0 Å². The van der Waals surface area contributed by atoms with Crippen LogP contribution in [0.5, 0.6) is 5.75 Å². The molecule has 1 rings (SSSR count). The summed E-state index contributed by atoms with van der Waals surface area (Å²) in [5.74, 6) is 1.67. The summed E-state index contributed by atoms with van der Waals surface area (Å²) in [6.45, 7) is 5.73. The van der Waals surface area contributed by atoms with E-state index < -0.39 is 0 Å². The molecule has 0 aliphatic rings. The molecular weight excluding hydrogens is 200 g/mol. The van der Waals surface area contributed by atoms with Crippen molar-refractivity contribution in [2.75, 3.05) is 18.5 Å². The number of aromatic nitrogens is 1. The summed E-state index contributed by atoms with van der Waals surface area (Å²) in [5.41, 5.74) is 0. The third-order valence-electron chi connectivity index (χ3n) is 2.07. The Kier molecular flexibility index (Phi) is 6.07. The van der Waals surface area contributed by atoms with Crippen LogP contribution in [-0.2, 0) is 0 Å². The van der Waals surface area contributed by atoms with Gasteiger partial charge in [0.1, 0.15) is 0 Å². The van der Waals surface area contributed by atoms with Crippen molar-refractivity contribution in [1.29, 1.82) is 0 Å². The Hall–Kier alpha value is -1.51. The van der Waals surface area contributed by atoms with Gasteiger partial charge in [-0.15, -0.1) is 0 Å². The summed E-state index contributed by atoms with van der Waals surface area (Å²) < 4.78 is 5.60. The normalized spacial score (nSPS) is 10.6. The van der Waals surface area contributed by atoms with Crippen molar-refractivity contribution in [3.05, 3.63) is 30.5 Å². The molecule has 0 aliphatic carbocycles. The Morgan fingerprint density at radius 3 is 3.12 bits per heavy atom. The van der Waals surface area contributed by atoms with Gasteiger partial charge in [0, 0.05) is 12.7 Å². The molecule has 1 N–H and O–H groups in total. The second kappa shape index (κ2) is 7.74. The van der Waals surface area contributed by atoms with Crippen molar-refractivity contribution in [3.8, 4) is 5.75 Å². The molecule has 3 nitrogen and oxygen atoms in total. The van der Waals surface area contributed by atoms with Gasteiger partial charge in [-0.05, 0) is 31.9 Å². The van der Waals surface area contributed by atoms with Crippen molar-refractivity contribution in [2.24, 2.45) is 0 Å². The number of allylic oxidation sites excluding steroid dienone is 1. The highest BCUT2D eigenvalue weighted by atomic mass is 16.5. The predicted molar refractivity (Wildman–Crippen MR) is 67.9 cm³/mol. The van der Waals surface area contributed by atoms with Crippen LogP contribution in [0.3, 0.4) is 0 Å². The zero-order valence-electron chi connectivity index (χ0n) is 10.1. The minimum atomic E-state index is 0.731. The highest BCUT2D eigenvalue weighted by Crippen LogP contribution is 2.20. The van der Waals surface area contributed by atoms with Crippen LogP contribution in [0.1, 0.15) is 26.7 Å². The van der Waals surface area contributed by atoms with E-state index in [9.17, 15) is 0 Å². The first-order valence-corrected chi connectivity index (χ1v) is 5.81. The fraction of sp³-hybridized carbons (Fsp3) is 0.462. The minimum Gasteiger partial charge on any atom is -0.490 e. The van der Waals surface area contributed by atoms with Crippen molar-refractivity contribution in [2.45, 2.75) is 26.7 Å². The van der Waals surface area contributed by atoms with Gasteiger partial charge in [-0.25, -0.2) is 4.98 Å². The van der Waals surface area contributed by atoms with Gasteiger partial charge >= 0.3 is 0 Å². The van der Waals surface area contributed by atoms with Gasteiger partial charge in [-0.1, -0.05) is 19.1 Å². The number of rotatable bonds is 7. The van der Waals surface area contributed by atoms with Crippen LogP contribution in [0.15, 0.2) is 30.5 Å². The Bertz CT molecular complexity index is 323. The molecule has 1 heterocycles. The lowest BCUT2D eigenvalue weighted by molar-refractivity contribution is 0.318. The molecule has 0 saturated heterocycles. The molecule has 0 fully saturated rings. The van der Waals surface area contributed by atoms with E-state index >= 15 is 0 Å². The predicted octanol–water partition coefficient (Wildman–Crippen LogP) is 3.25. The molecule has 16 heavy (non-hydrogen) atoms. The van der Waals surface area contributed by atoms with Crippen LogP contribution in [-0.4, -0.2) is 18.1 Å². The van der Waals surface area contributed by atoms with E-state index in [4.69, 9.17) is 4.74 Å². The SMILES string of the molecule is C/C=C/CCNc1ncccc1OCCC. The first-order chi connectivity index (χ1) is 7.88. The average molecular weight is 220 g/mol. The summed E-state index contributed by atoms with van der Waals surface area (Å²) in [4.78, 5) is 4.27. The van der Waals surface area contributed by atoms with Crippen molar-refractivity contribution in [1.82, 2.24) is 4.98 Å². The Balaban J connectivity index is 2.49. The first kappa shape index (κ1) is 12.6. The highest BCUT2D eigenvalue weighted by molar-refractivity contribution is 5.49. The number of nitrogens with zero attached hydrogens (tertiary/aromatic N) is 1. The molecule has 0 unspecified atom stereocenters. The van der Waals surface area contributed by atoms with Crippen LogP contribution in [0, 0.1) is 0 Å². The number of hydrogen-bond donors (Lipinski definition) is 1. The molecule has 88 valence electrons. The average Bonchev–Trinajstić information content (AvgIpc) is 2.33. The molecule has 3 heteroatoms. The summed E-state index contributed by atoms with van der Waals surface area (Å²) >= 11 is 0. The molecule has 0 aliphatic heterocycles.